The minimum Gasteiger partial charge on any atom is -0.503 e. The van der Waals surface area contributed by atoms with E-state index in [4.69, 9.17) is 14.5 Å². The summed E-state index contributed by atoms with van der Waals surface area (Å²) in [5.41, 5.74) is 18.0. The van der Waals surface area contributed by atoms with Crippen molar-refractivity contribution in [1.29, 1.82) is 0 Å². The van der Waals surface area contributed by atoms with Crippen LogP contribution in [0, 0.1) is 46.8 Å². The fourth-order valence-electron chi connectivity index (χ4n) is 7.88. The molecular formula is C51H39BIrN2O2-2. The van der Waals surface area contributed by atoms with Crippen LogP contribution >= 0.6 is 0 Å². The molecule has 0 saturated heterocycles. The number of pyridine rings is 2. The third-order valence-corrected chi connectivity index (χ3v) is 10.9. The molecule has 4 nitrogen and oxygen atoms in total. The van der Waals surface area contributed by atoms with E-state index in [-0.39, 0.29) is 26.8 Å². The van der Waals surface area contributed by atoms with Crippen LogP contribution in [0.1, 0.15) is 27.8 Å². The molecule has 0 saturated carbocycles. The van der Waals surface area contributed by atoms with Crippen molar-refractivity contribution >= 4 is 23.1 Å². The maximum absolute atomic E-state index is 6.53. The van der Waals surface area contributed by atoms with Crippen LogP contribution < -0.4 is 25.9 Å². The molecule has 6 aromatic carbocycles. The molecule has 0 amide bonds. The fourth-order valence-corrected chi connectivity index (χ4v) is 7.88. The fraction of sp³-hybridized carbons (Fsp3) is 0.0980. The van der Waals surface area contributed by atoms with Gasteiger partial charge in [-0.3, -0.25) is 0 Å². The molecule has 0 fully saturated rings. The van der Waals surface area contributed by atoms with Gasteiger partial charge in [-0.25, -0.2) is 0 Å². The second-order valence-corrected chi connectivity index (χ2v) is 14.6. The third-order valence-electron chi connectivity index (χ3n) is 10.9. The van der Waals surface area contributed by atoms with Crippen molar-refractivity contribution in [2.24, 2.45) is 0 Å². The van der Waals surface area contributed by atoms with E-state index in [1.807, 2.05) is 48.8 Å². The molecule has 10 rings (SSSR count). The molecule has 0 aliphatic carbocycles. The van der Waals surface area contributed by atoms with Gasteiger partial charge in [-0.2, -0.15) is 0 Å². The van der Waals surface area contributed by atoms with Gasteiger partial charge in [-0.05, 0) is 95.5 Å². The molecule has 1 radical (unpaired) electrons. The van der Waals surface area contributed by atoms with Crippen molar-refractivity contribution in [3.8, 4) is 67.8 Å². The Balaban J connectivity index is 0.000000178. The first kappa shape index (κ1) is 37.8. The zero-order valence-corrected chi connectivity index (χ0v) is 34.9. The molecule has 0 unspecified atom stereocenters. The minimum atomic E-state index is 0. The number of aryl methyl sites for hydroxylation is 5. The van der Waals surface area contributed by atoms with Gasteiger partial charge in [0, 0.05) is 44.0 Å². The number of rotatable bonds is 4. The predicted octanol–water partition coefficient (Wildman–Crippen LogP) is 10.7. The first-order chi connectivity index (χ1) is 27.3. The van der Waals surface area contributed by atoms with Crippen molar-refractivity contribution in [1.82, 2.24) is 9.97 Å². The van der Waals surface area contributed by atoms with Gasteiger partial charge in [-0.1, -0.05) is 132 Å². The Morgan fingerprint density at radius 3 is 1.86 bits per heavy atom. The third kappa shape index (κ3) is 7.12. The first-order valence-corrected chi connectivity index (χ1v) is 19.0. The second kappa shape index (κ2) is 15.8. The summed E-state index contributed by atoms with van der Waals surface area (Å²) in [6.07, 6.45) is 3.88. The van der Waals surface area contributed by atoms with E-state index in [2.05, 4.69) is 149 Å². The number of hydrogen-bond donors (Lipinski definition) is 0. The zero-order valence-electron chi connectivity index (χ0n) is 32.5. The summed E-state index contributed by atoms with van der Waals surface area (Å²) in [5, 5.41) is 0. The molecule has 2 aliphatic heterocycles. The first-order valence-electron chi connectivity index (χ1n) is 19.0. The zero-order chi connectivity index (χ0) is 38.3. The topological polar surface area (TPSA) is 44.2 Å². The largest absolute Gasteiger partial charge is 0.503 e. The van der Waals surface area contributed by atoms with Crippen molar-refractivity contribution in [2.45, 2.75) is 34.6 Å². The molecule has 0 spiro atoms. The number of hydrogen-bond acceptors (Lipinski definition) is 4. The SMILES string of the molecule is Cc1cccc(C)c1-c1ccc(-c2[c-]cc3c4c2Oc2ccccc2B4c2ccccc2O3)nc1.Cc1cnc(-c2[c-]cc(C)c(-c3ccccc3)c2)cc1C.[Ir]. The van der Waals surface area contributed by atoms with Gasteiger partial charge in [0.1, 0.15) is 11.5 Å². The molecule has 2 aliphatic rings. The maximum Gasteiger partial charge on any atom is 0.239 e. The molecule has 0 bridgehead atoms. The molecule has 2 aromatic heterocycles. The minimum absolute atomic E-state index is 0. The molecule has 0 N–H and O–H groups in total. The Kier molecular flexibility index (Phi) is 10.5. The summed E-state index contributed by atoms with van der Waals surface area (Å²) in [6.45, 7) is 10.6. The van der Waals surface area contributed by atoms with Gasteiger partial charge in [0.25, 0.3) is 0 Å². The van der Waals surface area contributed by atoms with Gasteiger partial charge in [0.05, 0.1) is 0 Å². The molecule has 6 heteroatoms. The molecule has 279 valence electrons. The smallest absolute Gasteiger partial charge is 0.239 e. The van der Waals surface area contributed by atoms with Crippen molar-refractivity contribution < 1.29 is 29.6 Å². The van der Waals surface area contributed by atoms with E-state index in [9.17, 15) is 0 Å². The summed E-state index contributed by atoms with van der Waals surface area (Å²) in [4.78, 5) is 9.40. The summed E-state index contributed by atoms with van der Waals surface area (Å²) in [5.74, 6) is 3.30. The standard InChI is InChI=1S/C31H21BNO2.C20H18N.Ir/c1-19-8-7-9-20(2)29(19)21-14-16-25(33-18-21)22-15-17-28-30-31(22)35-27-13-6-4-11-24(27)32(30)23-10-3-5-12-26(23)34-28;1-14-9-10-18(20-11-15(2)16(3)13-21-20)12-19(14)17-7-5-4-6-8-17;/h3-14,16-18H,1-2H3;4-9,11-13H,1-3H3;/q2*-1;. The Bertz CT molecular complexity index is 2740. The number of aromatic nitrogens is 2. The van der Waals surface area contributed by atoms with Crippen LogP contribution in [0.4, 0.5) is 0 Å². The van der Waals surface area contributed by atoms with Crippen LogP contribution in [-0.4, -0.2) is 16.7 Å². The van der Waals surface area contributed by atoms with E-state index < -0.39 is 0 Å². The molecule has 0 atom stereocenters. The van der Waals surface area contributed by atoms with Gasteiger partial charge in [-0.15, -0.1) is 41.5 Å². The monoisotopic (exact) mass is 915 g/mol. The predicted molar refractivity (Wildman–Crippen MR) is 229 cm³/mol. The summed E-state index contributed by atoms with van der Waals surface area (Å²) in [7, 11) is 0. The van der Waals surface area contributed by atoms with Crippen LogP contribution in [0.15, 0.2) is 146 Å². The summed E-state index contributed by atoms with van der Waals surface area (Å²) >= 11 is 0. The van der Waals surface area contributed by atoms with Crippen LogP contribution in [0.2, 0.25) is 0 Å². The van der Waals surface area contributed by atoms with Crippen molar-refractivity contribution in [3.63, 3.8) is 0 Å². The molecule has 57 heavy (non-hydrogen) atoms. The summed E-state index contributed by atoms with van der Waals surface area (Å²) in [6, 6.07) is 52.6. The Morgan fingerprint density at radius 1 is 0.509 bits per heavy atom. The molecule has 8 aromatic rings. The number of para-hydroxylation sites is 2. The van der Waals surface area contributed by atoms with Crippen LogP contribution in [0.25, 0.3) is 44.8 Å². The van der Waals surface area contributed by atoms with Crippen LogP contribution in [-0.2, 0) is 20.1 Å². The van der Waals surface area contributed by atoms with Crippen molar-refractivity contribution in [2.75, 3.05) is 0 Å². The average molecular weight is 915 g/mol. The van der Waals surface area contributed by atoms with E-state index in [1.165, 1.54) is 44.5 Å². The van der Waals surface area contributed by atoms with E-state index in [1.54, 1.807) is 0 Å². The molecular weight excluding hydrogens is 876 g/mol. The average Bonchev–Trinajstić information content (AvgIpc) is 3.23. The number of fused-ring (bicyclic) bond motifs is 4. The van der Waals surface area contributed by atoms with Gasteiger partial charge in [0.15, 0.2) is 0 Å². The van der Waals surface area contributed by atoms with Crippen LogP contribution in [0.5, 0.6) is 23.0 Å². The number of benzene rings is 6. The van der Waals surface area contributed by atoms with Gasteiger partial charge < -0.3 is 19.4 Å². The van der Waals surface area contributed by atoms with E-state index in [0.29, 0.717) is 0 Å². The Morgan fingerprint density at radius 2 is 1.18 bits per heavy atom. The maximum atomic E-state index is 6.53. The van der Waals surface area contributed by atoms with Gasteiger partial charge >= 0.3 is 0 Å². The Hall–Kier alpha value is -6.07. The van der Waals surface area contributed by atoms with E-state index >= 15 is 0 Å². The summed E-state index contributed by atoms with van der Waals surface area (Å²) < 4.78 is 12.8. The van der Waals surface area contributed by atoms with Gasteiger partial charge in [0.2, 0.25) is 6.71 Å². The number of ether oxygens (including phenoxy) is 2. The second-order valence-electron chi connectivity index (χ2n) is 14.6. The number of nitrogens with zero attached hydrogens (tertiary/aromatic N) is 2. The Labute approximate surface area is 349 Å². The van der Waals surface area contributed by atoms with E-state index in [0.717, 1.165) is 67.5 Å². The molecule has 4 heterocycles. The van der Waals surface area contributed by atoms with Crippen molar-refractivity contribution in [3.05, 3.63) is 186 Å². The normalized spacial score (nSPS) is 11.7. The quantitative estimate of drug-likeness (QED) is 0.130. The van der Waals surface area contributed by atoms with Crippen LogP contribution in [0.3, 0.4) is 0 Å².